The third kappa shape index (κ3) is 4.64. The smallest absolute Gasteiger partial charge is 0.255 e. The number of aromatic nitrogens is 1. The molecule has 2 amide bonds. The molecule has 1 heterocycles. The van der Waals surface area contributed by atoms with E-state index in [1.54, 1.807) is 24.5 Å². The first kappa shape index (κ1) is 16.7. The summed E-state index contributed by atoms with van der Waals surface area (Å²) in [6.45, 7) is 5.66. The monoisotopic (exact) mass is 311 g/mol. The van der Waals surface area contributed by atoms with Gasteiger partial charge in [-0.25, -0.2) is 0 Å². The standard InChI is InChI=1S/C18H21N3O2/c1-12(2)17(22)20-13(3)14-4-6-16(7-5-14)21-18(23)15-8-10-19-11-9-15/h4-13H,1-3H3,(H,20,22)(H,21,23)/t13-/m0/s1. The molecule has 0 bridgehead atoms. The van der Waals surface area contributed by atoms with Gasteiger partial charge in [0.2, 0.25) is 5.91 Å². The summed E-state index contributed by atoms with van der Waals surface area (Å²) in [6.07, 6.45) is 3.16. The Hall–Kier alpha value is -2.69. The van der Waals surface area contributed by atoms with E-state index in [4.69, 9.17) is 0 Å². The Morgan fingerprint density at radius 3 is 2.13 bits per heavy atom. The third-order valence-corrected chi connectivity index (χ3v) is 3.49. The largest absolute Gasteiger partial charge is 0.349 e. The molecule has 120 valence electrons. The van der Waals surface area contributed by atoms with Crippen LogP contribution in [0.1, 0.15) is 42.7 Å². The zero-order valence-electron chi connectivity index (χ0n) is 13.5. The Bertz CT molecular complexity index is 666. The fourth-order valence-electron chi connectivity index (χ4n) is 2.03. The molecule has 1 aromatic carbocycles. The second-order valence-electron chi connectivity index (χ2n) is 5.70. The van der Waals surface area contributed by atoms with Gasteiger partial charge in [0.05, 0.1) is 6.04 Å². The van der Waals surface area contributed by atoms with Gasteiger partial charge >= 0.3 is 0 Å². The van der Waals surface area contributed by atoms with Crippen molar-refractivity contribution in [3.05, 3.63) is 59.9 Å². The van der Waals surface area contributed by atoms with Crippen molar-refractivity contribution in [3.8, 4) is 0 Å². The molecule has 5 nitrogen and oxygen atoms in total. The summed E-state index contributed by atoms with van der Waals surface area (Å²) in [4.78, 5) is 27.7. The number of pyridine rings is 1. The molecule has 1 atom stereocenters. The summed E-state index contributed by atoms with van der Waals surface area (Å²) in [7, 11) is 0. The van der Waals surface area contributed by atoms with Gasteiger partial charge in [0, 0.05) is 29.6 Å². The lowest BCUT2D eigenvalue weighted by Gasteiger charge is -2.16. The molecule has 23 heavy (non-hydrogen) atoms. The molecule has 5 heteroatoms. The topological polar surface area (TPSA) is 71.1 Å². The number of rotatable bonds is 5. The molecule has 1 aromatic heterocycles. The van der Waals surface area contributed by atoms with Gasteiger partial charge in [0.25, 0.3) is 5.91 Å². The Balaban J connectivity index is 1.99. The SMILES string of the molecule is CC(C)C(=O)N[C@@H](C)c1ccc(NC(=O)c2ccncc2)cc1. The highest BCUT2D eigenvalue weighted by molar-refractivity contribution is 6.04. The second-order valence-corrected chi connectivity index (χ2v) is 5.70. The Morgan fingerprint density at radius 2 is 1.57 bits per heavy atom. The Kier molecular flexibility index (Phi) is 5.46. The first-order chi connectivity index (χ1) is 11.0. The van der Waals surface area contributed by atoms with E-state index in [1.807, 2.05) is 45.0 Å². The molecule has 0 radical (unpaired) electrons. The molecule has 0 aliphatic carbocycles. The Morgan fingerprint density at radius 1 is 0.957 bits per heavy atom. The predicted molar refractivity (Wildman–Crippen MR) is 90.0 cm³/mol. The third-order valence-electron chi connectivity index (χ3n) is 3.49. The highest BCUT2D eigenvalue weighted by Gasteiger charge is 2.12. The number of nitrogens with one attached hydrogen (secondary N) is 2. The molecule has 0 saturated heterocycles. The fourth-order valence-corrected chi connectivity index (χ4v) is 2.03. The van der Waals surface area contributed by atoms with Crippen molar-refractivity contribution in [1.82, 2.24) is 10.3 Å². The maximum absolute atomic E-state index is 12.1. The summed E-state index contributed by atoms with van der Waals surface area (Å²) in [6, 6.07) is 10.7. The van der Waals surface area contributed by atoms with Crippen molar-refractivity contribution in [2.45, 2.75) is 26.8 Å². The zero-order chi connectivity index (χ0) is 16.8. The van der Waals surface area contributed by atoms with E-state index in [0.29, 0.717) is 11.3 Å². The number of carbonyl (C=O) groups excluding carboxylic acids is 2. The van der Waals surface area contributed by atoms with Gasteiger partial charge in [0.1, 0.15) is 0 Å². The summed E-state index contributed by atoms with van der Waals surface area (Å²) < 4.78 is 0. The predicted octanol–water partition coefficient (Wildman–Crippen LogP) is 3.17. The molecule has 0 fully saturated rings. The number of hydrogen-bond donors (Lipinski definition) is 2. The molecule has 0 spiro atoms. The highest BCUT2D eigenvalue weighted by atomic mass is 16.2. The fraction of sp³-hybridized carbons (Fsp3) is 0.278. The van der Waals surface area contributed by atoms with Crippen LogP contribution in [0.4, 0.5) is 5.69 Å². The van der Waals surface area contributed by atoms with E-state index in [-0.39, 0.29) is 23.8 Å². The van der Waals surface area contributed by atoms with Crippen LogP contribution in [-0.2, 0) is 4.79 Å². The van der Waals surface area contributed by atoms with Crippen molar-refractivity contribution in [2.24, 2.45) is 5.92 Å². The van der Waals surface area contributed by atoms with Crippen molar-refractivity contribution >= 4 is 17.5 Å². The lowest BCUT2D eigenvalue weighted by Crippen LogP contribution is -2.30. The van der Waals surface area contributed by atoms with Crippen LogP contribution in [0.2, 0.25) is 0 Å². The maximum Gasteiger partial charge on any atom is 0.255 e. The summed E-state index contributed by atoms with van der Waals surface area (Å²) >= 11 is 0. The van der Waals surface area contributed by atoms with Crippen molar-refractivity contribution in [2.75, 3.05) is 5.32 Å². The Labute approximate surface area is 136 Å². The van der Waals surface area contributed by atoms with E-state index in [2.05, 4.69) is 15.6 Å². The van der Waals surface area contributed by atoms with E-state index in [9.17, 15) is 9.59 Å². The minimum atomic E-state index is -0.179. The van der Waals surface area contributed by atoms with Gasteiger partial charge < -0.3 is 10.6 Å². The quantitative estimate of drug-likeness (QED) is 0.891. The van der Waals surface area contributed by atoms with E-state index >= 15 is 0 Å². The van der Waals surface area contributed by atoms with Crippen LogP contribution in [0.25, 0.3) is 0 Å². The van der Waals surface area contributed by atoms with Crippen LogP contribution in [0.5, 0.6) is 0 Å². The van der Waals surface area contributed by atoms with Crippen molar-refractivity contribution < 1.29 is 9.59 Å². The number of benzene rings is 1. The number of carbonyl (C=O) groups is 2. The van der Waals surface area contributed by atoms with Crippen LogP contribution < -0.4 is 10.6 Å². The minimum Gasteiger partial charge on any atom is -0.349 e. The van der Waals surface area contributed by atoms with Gasteiger partial charge in [-0.1, -0.05) is 26.0 Å². The highest BCUT2D eigenvalue weighted by Crippen LogP contribution is 2.17. The first-order valence-corrected chi connectivity index (χ1v) is 7.59. The molecule has 2 rings (SSSR count). The van der Waals surface area contributed by atoms with Gasteiger partial charge in [0.15, 0.2) is 0 Å². The lowest BCUT2D eigenvalue weighted by molar-refractivity contribution is -0.124. The van der Waals surface area contributed by atoms with E-state index in [1.165, 1.54) is 0 Å². The number of hydrogen-bond acceptors (Lipinski definition) is 3. The van der Waals surface area contributed by atoms with Gasteiger partial charge in [-0.15, -0.1) is 0 Å². The van der Waals surface area contributed by atoms with Gasteiger partial charge in [-0.05, 0) is 36.8 Å². The lowest BCUT2D eigenvalue weighted by atomic mass is 10.1. The molecular formula is C18H21N3O2. The van der Waals surface area contributed by atoms with Gasteiger partial charge in [-0.2, -0.15) is 0 Å². The first-order valence-electron chi connectivity index (χ1n) is 7.59. The molecular weight excluding hydrogens is 290 g/mol. The van der Waals surface area contributed by atoms with Crippen molar-refractivity contribution in [1.29, 1.82) is 0 Å². The molecule has 0 saturated carbocycles. The van der Waals surface area contributed by atoms with E-state index < -0.39 is 0 Å². The van der Waals surface area contributed by atoms with Crippen molar-refractivity contribution in [3.63, 3.8) is 0 Å². The average molecular weight is 311 g/mol. The number of amides is 2. The van der Waals surface area contributed by atoms with Crippen LogP contribution >= 0.6 is 0 Å². The number of nitrogens with zero attached hydrogens (tertiary/aromatic N) is 1. The normalized spacial score (nSPS) is 11.8. The summed E-state index contributed by atoms with van der Waals surface area (Å²) in [5.74, 6) is -0.203. The second kappa shape index (κ2) is 7.54. The number of anilines is 1. The van der Waals surface area contributed by atoms with E-state index in [0.717, 1.165) is 5.56 Å². The molecule has 2 N–H and O–H groups in total. The molecule has 0 unspecified atom stereocenters. The maximum atomic E-state index is 12.1. The zero-order valence-corrected chi connectivity index (χ0v) is 13.5. The summed E-state index contributed by atoms with van der Waals surface area (Å²) in [5.41, 5.74) is 2.25. The minimum absolute atomic E-state index is 0.0209. The van der Waals surface area contributed by atoms with Gasteiger partial charge in [-0.3, -0.25) is 14.6 Å². The van der Waals surface area contributed by atoms with Crippen LogP contribution in [0.3, 0.4) is 0 Å². The van der Waals surface area contributed by atoms with Crippen LogP contribution in [-0.4, -0.2) is 16.8 Å². The molecule has 0 aliphatic heterocycles. The molecule has 0 aliphatic rings. The average Bonchev–Trinajstić information content (AvgIpc) is 2.56. The van der Waals surface area contributed by atoms with Crippen LogP contribution in [0.15, 0.2) is 48.8 Å². The summed E-state index contributed by atoms with van der Waals surface area (Å²) in [5, 5.41) is 5.78. The van der Waals surface area contributed by atoms with Crippen LogP contribution in [0, 0.1) is 5.92 Å². The molecule has 2 aromatic rings.